The monoisotopic (exact) mass is 354 g/mol. The van der Waals surface area contributed by atoms with Crippen LogP contribution >= 0.6 is 0 Å². The molecule has 2 fully saturated rings. The Kier molecular flexibility index (Phi) is 4.05. The fraction of sp³-hybridized carbons (Fsp3) is 0.450. The number of ether oxygens (including phenoxy) is 2. The molecule has 6 heteroatoms. The second-order valence-electron chi connectivity index (χ2n) is 7.43. The molecule has 1 saturated heterocycles. The van der Waals surface area contributed by atoms with Crippen LogP contribution in [0, 0.1) is 11.3 Å². The fourth-order valence-corrected chi connectivity index (χ4v) is 4.45. The van der Waals surface area contributed by atoms with Crippen LogP contribution in [-0.2, 0) is 9.53 Å². The van der Waals surface area contributed by atoms with Crippen LogP contribution in [0.2, 0.25) is 0 Å². The number of carbonyl (C=O) groups is 2. The van der Waals surface area contributed by atoms with Crippen molar-refractivity contribution >= 4 is 22.8 Å². The number of benzene rings is 1. The van der Waals surface area contributed by atoms with Crippen LogP contribution in [0.5, 0.6) is 5.75 Å². The molecule has 2 heterocycles. The number of nitrogens with zero attached hydrogens (tertiary/aromatic N) is 2. The highest BCUT2D eigenvalue weighted by Gasteiger charge is 2.54. The summed E-state index contributed by atoms with van der Waals surface area (Å²) in [7, 11) is 2.98. The number of likely N-dealkylation sites (tertiary alicyclic amines) is 1. The Labute approximate surface area is 152 Å². The van der Waals surface area contributed by atoms with Gasteiger partial charge in [0.05, 0.1) is 31.5 Å². The Bertz CT molecular complexity index is 865. The first-order chi connectivity index (χ1) is 12.5. The molecule has 0 bridgehead atoms. The maximum absolute atomic E-state index is 13.1. The molecule has 2 aromatic rings. The van der Waals surface area contributed by atoms with Crippen molar-refractivity contribution in [3.8, 4) is 5.75 Å². The van der Waals surface area contributed by atoms with Gasteiger partial charge in [0, 0.05) is 30.3 Å². The third-order valence-electron chi connectivity index (χ3n) is 5.64. The molecule has 1 aromatic heterocycles. The van der Waals surface area contributed by atoms with Crippen LogP contribution in [0.4, 0.5) is 0 Å². The van der Waals surface area contributed by atoms with E-state index < -0.39 is 0 Å². The molecule has 1 spiro atoms. The molecule has 1 aliphatic carbocycles. The second kappa shape index (κ2) is 6.27. The molecule has 1 aromatic carbocycles. The zero-order valence-corrected chi connectivity index (χ0v) is 15.0. The van der Waals surface area contributed by atoms with E-state index >= 15 is 0 Å². The Morgan fingerprint density at radius 1 is 1.23 bits per heavy atom. The first kappa shape index (κ1) is 16.8. The highest BCUT2D eigenvalue weighted by atomic mass is 16.5. The van der Waals surface area contributed by atoms with Gasteiger partial charge in [-0.2, -0.15) is 0 Å². The lowest BCUT2D eigenvalue weighted by atomic mass is 9.57. The summed E-state index contributed by atoms with van der Waals surface area (Å²) in [5, 5.41) is 0.815. The van der Waals surface area contributed by atoms with E-state index in [9.17, 15) is 9.59 Å². The highest BCUT2D eigenvalue weighted by molar-refractivity contribution is 6.08. The SMILES string of the molecule is COC(=O)CC1CC2(C1)CN(C(=O)c1c(OC)cnc3ccccc13)C2. The van der Waals surface area contributed by atoms with E-state index in [1.807, 2.05) is 29.2 Å². The molecule has 1 aliphatic heterocycles. The van der Waals surface area contributed by atoms with Crippen molar-refractivity contribution < 1.29 is 19.1 Å². The van der Waals surface area contributed by atoms with E-state index in [-0.39, 0.29) is 17.3 Å². The van der Waals surface area contributed by atoms with Gasteiger partial charge in [-0.25, -0.2) is 0 Å². The molecule has 6 nitrogen and oxygen atoms in total. The van der Waals surface area contributed by atoms with E-state index in [4.69, 9.17) is 9.47 Å². The molecule has 0 atom stereocenters. The first-order valence-electron chi connectivity index (χ1n) is 8.83. The zero-order chi connectivity index (χ0) is 18.3. The summed E-state index contributed by atoms with van der Waals surface area (Å²) >= 11 is 0. The molecule has 1 saturated carbocycles. The highest BCUT2D eigenvalue weighted by Crippen LogP contribution is 2.53. The van der Waals surface area contributed by atoms with Crippen molar-refractivity contribution in [2.75, 3.05) is 27.3 Å². The van der Waals surface area contributed by atoms with Gasteiger partial charge >= 0.3 is 5.97 Å². The quantitative estimate of drug-likeness (QED) is 0.790. The normalized spacial score (nSPS) is 18.3. The van der Waals surface area contributed by atoms with Gasteiger partial charge < -0.3 is 14.4 Å². The number of hydrogen-bond acceptors (Lipinski definition) is 5. The molecular weight excluding hydrogens is 332 g/mol. The minimum absolute atomic E-state index is 0.0116. The standard InChI is InChI=1S/C20H22N2O4/c1-25-16-10-21-15-6-4-3-5-14(15)18(16)19(24)22-11-20(12-22)8-13(9-20)7-17(23)26-2/h3-6,10,13H,7-9,11-12H2,1-2H3. The molecule has 4 rings (SSSR count). The number of amides is 1. The Hall–Kier alpha value is -2.63. The summed E-state index contributed by atoms with van der Waals surface area (Å²) in [6.45, 7) is 1.48. The number of hydrogen-bond donors (Lipinski definition) is 0. The molecule has 2 aliphatic rings. The minimum atomic E-state index is -0.148. The van der Waals surface area contributed by atoms with E-state index in [2.05, 4.69) is 4.98 Å². The molecule has 0 N–H and O–H groups in total. The van der Waals surface area contributed by atoms with Gasteiger partial charge in [-0.3, -0.25) is 14.6 Å². The largest absolute Gasteiger partial charge is 0.494 e. The molecule has 0 radical (unpaired) electrons. The van der Waals surface area contributed by atoms with Crippen LogP contribution in [-0.4, -0.2) is 49.1 Å². The van der Waals surface area contributed by atoms with Crippen LogP contribution in [0.25, 0.3) is 10.9 Å². The van der Waals surface area contributed by atoms with Gasteiger partial charge in [-0.1, -0.05) is 18.2 Å². The van der Waals surface area contributed by atoms with Crippen LogP contribution in [0.3, 0.4) is 0 Å². The summed E-state index contributed by atoms with van der Waals surface area (Å²) in [6.07, 6.45) is 4.07. The average molecular weight is 354 g/mol. The first-order valence-corrected chi connectivity index (χ1v) is 8.83. The summed E-state index contributed by atoms with van der Waals surface area (Å²) in [5.74, 6) is 0.732. The third kappa shape index (κ3) is 2.69. The van der Waals surface area contributed by atoms with Gasteiger partial charge in [0.1, 0.15) is 0 Å². The fourth-order valence-electron chi connectivity index (χ4n) is 4.45. The number of pyridine rings is 1. The summed E-state index contributed by atoms with van der Waals surface area (Å²) in [6, 6.07) is 7.61. The smallest absolute Gasteiger partial charge is 0.305 e. The zero-order valence-electron chi connectivity index (χ0n) is 15.0. The lowest BCUT2D eigenvalue weighted by Crippen LogP contribution is -2.63. The Morgan fingerprint density at radius 2 is 1.96 bits per heavy atom. The Balaban J connectivity index is 1.48. The number of fused-ring (bicyclic) bond motifs is 1. The minimum Gasteiger partial charge on any atom is -0.494 e. The number of methoxy groups -OCH3 is 2. The van der Waals surface area contributed by atoms with E-state index in [0.29, 0.717) is 23.7 Å². The molecule has 26 heavy (non-hydrogen) atoms. The van der Waals surface area contributed by atoms with Crippen molar-refractivity contribution in [3.63, 3.8) is 0 Å². The number of carbonyl (C=O) groups excluding carboxylic acids is 2. The number of para-hydroxylation sites is 1. The Morgan fingerprint density at radius 3 is 2.65 bits per heavy atom. The summed E-state index contributed by atoms with van der Waals surface area (Å²) in [5.41, 5.74) is 1.55. The van der Waals surface area contributed by atoms with Gasteiger partial charge in [0.2, 0.25) is 0 Å². The predicted octanol–water partition coefficient (Wildman–Crippen LogP) is 2.66. The van der Waals surface area contributed by atoms with E-state index in [1.165, 1.54) is 7.11 Å². The van der Waals surface area contributed by atoms with Crippen molar-refractivity contribution in [1.29, 1.82) is 0 Å². The summed E-state index contributed by atoms with van der Waals surface area (Å²) < 4.78 is 10.1. The maximum Gasteiger partial charge on any atom is 0.305 e. The molecule has 136 valence electrons. The lowest BCUT2D eigenvalue weighted by Gasteiger charge is -2.59. The topological polar surface area (TPSA) is 68.7 Å². The van der Waals surface area contributed by atoms with Crippen molar-refractivity contribution in [3.05, 3.63) is 36.0 Å². The third-order valence-corrected chi connectivity index (χ3v) is 5.64. The van der Waals surface area contributed by atoms with Crippen molar-refractivity contribution in [2.24, 2.45) is 11.3 Å². The second-order valence-corrected chi connectivity index (χ2v) is 7.43. The van der Waals surface area contributed by atoms with Crippen LogP contribution in [0.15, 0.2) is 30.5 Å². The number of aromatic nitrogens is 1. The van der Waals surface area contributed by atoms with Gasteiger partial charge in [-0.05, 0) is 24.8 Å². The van der Waals surface area contributed by atoms with E-state index in [0.717, 1.165) is 36.8 Å². The molecule has 0 unspecified atom stereocenters. The molecular formula is C20H22N2O4. The van der Waals surface area contributed by atoms with Crippen molar-refractivity contribution in [1.82, 2.24) is 9.88 Å². The van der Waals surface area contributed by atoms with Gasteiger partial charge in [0.25, 0.3) is 5.91 Å². The molecule has 1 amide bonds. The van der Waals surface area contributed by atoms with Crippen LogP contribution in [0.1, 0.15) is 29.6 Å². The predicted molar refractivity (Wildman–Crippen MR) is 96.0 cm³/mol. The van der Waals surface area contributed by atoms with Gasteiger partial charge in [0.15, 0.2) is 5.75 Å². The van der Waals surface area contributed by atoms with E-state index in [1.54, 1.807) is 13.3 Å². The average Bonchev–Trinajstić information content (AvgIpc) is 2.60. The summed E-state index contributed by atoms with van der Waals surface area (Å²) in [4.78, 5) is 30.7. The van der Waals surface area contributed by atoms with Gasteiger partial charge in [-0.15, -0.1) is 0 Å². The van der Waals surface area contributed by atoms with Crippen molar-refractivity contribution in [2.45, 2.75) is 19.3 Å². The lowest BCUT2D eigenvalue weighted by molar-refractivity contribution is -0.146. The van der Waals surface area contributed by atoms with Crippen LogP contribution < -0.4 is 4.74 Å². The number of rotatable bonds is 4. The number of esters is 1. The maximum atomic E-state index is 13.1.